The topological polar surface area (TPSA) is 104 Å². The number of carbonyl (C=O) groups is 2. The number of nitrogens with one attached hydrogen (secondary N) is 2. The molecule has 1 aromatic rings. The third-order valence-corrected chi connectivity index (χ3v) is 1.58. The smallest absolute Gasteiger partial charge is 0.323 e. The van der Waals surface area contributed by atoms with Gasteiger partial charge in [-0.25, -0.2) is 4.79 Å². The number of carboxylic acids is 1. The fraction of sp³-hybridized carbons (Fsp3) is 0.200. The van der Waals surface area contributed by atoms with Crippen molar-refractivity contribution >= 4 is 28.5 Å². The summed E-state index contributed by atoms with van der Waals surface area (Å²) >= 11 is 1.01. The van der Waals surface area contributed by atoms with E-state index in [0.29, 0.717) is 5.00 Å². The number of hydrogen-bond acceptors (Lipinski definition) is 5. The van der Waals surface area contributed by atoms with E-state index in [1.165, 1.54) is 6.20 Å². The number of carboxylic acid groups (broad SMARTS) is 1. The van der Waals surface area contributed by atoms with E-state index in [1.54, 1.807) is 0 Å². The van der Waals surface area contributed by atoms with Gasteiger partial charge in [0.2, 0.25) is 0 Å². The van der Waals surface area contributed by atoms with Crippen molar-refractivity contribution in [3.63, 3.8) is 0 Å². The minimum atomic E-state index is -1.10. The zero-order valence-electron chi connectivity index (χ0n) is 6.35. The van der Waals surface area contributed by atoms with Gasteiger partial charge in [0, 0.05) is 11.5 Å². The fourth-order valence-electron chi connectivity index (χ4n) is 0.534. The van der Waals surface area contributed by atoms with Gasteiger partial charge in [0.25, 0.3) is 0 Å². The van der Waals surface area contributed by atoms with Crippen LogP contribution in [0.3, 0.4) is 0 Å². The molecule has 70 valence electrons. The molecule has 0 radical (unpaired) electrons. The van der Waals surface area contributed by atoms with E-state index in [4.69, 9.17) is 5.11 Å². The van der Waals surface area contributed by atoms with E-state index in [-0.39, 0.29) is 0 Å². The second kappa shape index (κ2) is 4.36. The maximum atomic E-state index is 10.9. The average Bonchev–Trinajstić information content (AvgIpc) is 2.53. The molecule has 13 heavy (non-hydrogen) atoms. The van der Waals surface area contributed by atoms with Gasteiger partial charge in [0.15, 0.2) is 0 Å². The molecule has 1 heterocycles. The van der Waals surface area contributed by atoms with Gasteiger partial charge in [-0.1, -0.05) is 4.49 Å². The first-order chi connectivity index (χ1) is 6.18. The lowest BCUT2D eigenvalue weighted by atomic mass is 10.6. The van der Waals surface area contributed by atoms with Crippen molar-refractivity contribution in [2.75, 3.05) is 11.9 Å². The van der Waals surface area contributed by atoms with Gasteiger partial charge in [-0.05, 0) is 0 Å². The van der Waals surface area contributed by atoms with Crippen LogP contribution in [0.1, 0.15) is 0 Å². The predicted molar refractivity (Wildman–Crippen MR) is 44.6 cm³/mol. The molecule has 0 atom stereocenters. The molecule has 0 saturated heterocycles. The molecule has 0 aliphatic heterocycles. The second-order valence-corrected chi connectivity index (χ2v) is 2.77. The van der Waals surface area contributed by atoms with Crippen LogP contribution >= 0.6 is 11.5 Å². The van der Waals surface area contributed by atoms with Crippen LogP contribution in [0.4, 0.5) is 9.80 Å². The lowest BCUT2D eigenvalue weighted by Gasteiger charge is -2.00. The molecular weight excluding hydrogens is 196 g/mol. The fourth-order valence-corrected chi connectivity index (χ4v) is 0.949. The zero-order valence-corrected chi connectivity index (χ0v) is 7.17. The highest BCUT2D eigenvalue weighted by Crippen LogP contribution is 2.07. The number of nitrogens with zero attached hydrogens (tertiary/aromatic N) is 2. The highest BCUT2D eigenvalue weighted by atomic mass is 32.1. The molecule has 0 aliphatic rings. The van der Waals surface area contributed by atoms with Gasteiger partial charge >= 0.3 is 12.0 Å². The summed E-state index contributed by atoms with van der Waals surface area (Å²) in [4.78, 5) is 20.9. The van der Waals surface area contributed by atoms with Gasteiger partial charge in [0.1, 0.15) is 11.5 Å². The number of urea groups is 1. The number of rotatable bonds is 3. The van der Waals surface area contributed by atoms with Crippen molar-refractivity contribution in [1.82, 2.24) is 14.9 Å². The third kappa shape index (κ3) is 3.47. The number of aromatic nitrogens is 2. The first-order valence-electron chi connectivity index (χ1n) is 3.22. The first-order valence-corrected chi connectivity index (χ1v) is 4.00. The van der Waals surface area contributed by atoms with E-state index >= 15 is 0 Å². The molecule has 0 aliphatic carbocycles. The molecule has 2 amide bonds. The van der Waals surface area contributed by atoms with Crippen LogP contribution in [0, 0.1) is 0 Å². The lowest BCUT2D eigenvalue weighted by Crippen LogP contribution is -2.32. The average molecular weight is 202 g/mol. The molecule has 0 bridgehead atoms. The molecule has 0 unspecified atom stereocenters. The van der Waals surface area contributed by atoms with Crippen molar-refractivity contribution in [1.29, 1.82) is 0 Å². The zero-order chi connectivity index (χ0) is 9.68. The number of amides is 2. The number of anilines is 1. The van der Waals surface area contributed by atoms with Crippen molar-refractivity contribution in [3.05, 3.63) is 6.20 Å². The Balaban J connectivity index is 2.30. The Kier molecular flexibility index (Phi) is 3.15. The van der Waals surface area contributed by atoms with Crippen LogP contribution in [0.15, 0.2) is 6.20 Å². The summed E-state index contributed by atoms with van der Waals surface area (Å²) in [5.41, 5.74) is 0. The normalized spacial score (nSPS) is 9.23. The van der Waals surface area contributed by atoms with Gasteiger partial charge in [0.05, 0.1) is 6.20 Å². The Morgan fingerprint density at radius 2 is 2.38 bits per heavy atom. The quantitative estimate of drug-likeness (QED) is 0.626. The molecule has 3 N–H and O–H groups in total. The highest BCUT2D eigenvalue weighted by molar-refractivity contribution is 7.10. The summed E-state index contributed by atoms with van der Waals surface area (Å²) in [5, 5.41) is 16.6. The van der Waals surface area contributed by atoms with Crippen molar-refractivity contribution in [2.24, 2.45) is 0 Å². The molecule has 1 rings (SSSR count). The summed E-state index contributed by atoms with van der Waals surface area (Å²) in [7, 11) is 0. The summed E-state index contributed by atoms with van der Waals surface area (Å²) in [6, 6.07) is -0.589. The lowest BCUT2D eigenvalue weighted by molar-refractivity contribution is -0.135. The Morgan fingerprint density at radius 3 is 2.92 bits per heavy atom. The maximum Gasteiger partial charge on any atom is 0.323 e. The molecule has 0 fully saturated rings. The third-order valence-electron chi connectivity index (χ3n) is 0.998. The van der Waals surface area contributed by atoms with Crippen LogP contribution in [0.5, 0.6) is 0 Å². The summed E-state index contributed by atoms with van der Waals surface area (Å²) in [5.74, 6) is -1.10. The highest BCUT2D eigenvalue weighted by Gasteiger charge is 2.04. The SMILES string of the molecule is O=C(O)CNC(=O)Nc1cnns1. The van der Waals surface area contributed by atoms with E-state index < -0.39 is 18.5 Å². The number of carbonyl (C=O) groups excluding carboxylic acids is 1. The largest absolute Gasteiger partial charge is 0.480 e. The molecule has 0 spiro atoms. The Bertz CT molecular complexity index is 299. The van der Waals surface area contributed by atoms with E-state index in [0.717, 1.165) is 11.5 Å². The molecule has 7 nitrogen and oxygen atoms in total. The minimum Gasteiger partial charge on any atom is -0.480 e. The molecule has 1 aromatic heterocycles. The molecule has 0 saturated carbocycles. The van der Waals surface area contributed by atoms with Crippen LogP contribution in [0.2, 0.25) is 0 Å². The Labute approximate surface area is 76.9 Å². The van der Waals surface area contributed by atoms with Crippen LogP contribution in [0.25, 0.3) is 0 Å². The van der Waals surface area contributed by atoms with Crippen molar-refractivity contribution < 1.29 is 14.7 Å². The number of hydrogen-bond donors (Lipinski definition) is 3. The van der Waals surface area contributed by atoms with E-state index in [9.17, 15) is 9.59 Å². The molecule has 0 aromatic carbocycles. The van der Waals surface area contributed by atoms with Gasteiger partial charge in [-0.2, -0.15) is 0 Å². The van der Waals surface area contributed by atoms with Crippen molar-refractivity contribution in [2.45, 2.75) is 0 Å². The van der Waals surface area contributed by atoms with Gasteiger partial charge < -0.3 is 10.4 Å². The molecule has 8 heteroatoms. The van der Waals surface area contributed by atoms with E-state index in [1.807, 2.05) is 0 Å². The summed E-state index contributed by atoms with van der Waals surface area (Å²) in [6.07, 6.45) is 1.37. The van der Waals surface area contributed by atoms with E-state index in [2.05, 4.69) is 20.2 Å². The van der Waals surface area contributed by atoms with Crippen molar-refractivity contribution in [3.8, 4) is 0 Å². The van der Waals surface area contributed by atoms with Gasteiger partial charge in [-0.15, -0.1) is 5.10 Å². The monoisotopic (exact) mass is 202 g/mol. The minimum absolute atomic E-state index is 0.419. The summed E-state index contributed by atoms with van der Waals surface area (Å²) in [6.45, 7) is -0.419. The Morgan fingerprint density at radius 1 is 1.62 bits per heavy atom. The molecular formula is C5H6N4O3S. The second-order valence-electron chi connectivity index (χ2n) is 1.98. The van der Waals surface area contributed by atoms with Crippen LogP contribution in [-0.2, 0) is 4.79 Å². The summed E-state index contributed by atoms with van der Waals surface area (Å²) < 4.78 is 3.50. The standard InChI is InChI=1S/C5H6N4O3S/c10-4(11)2-6-5(12)8-3-1-7-9-13-3/h1H,2H2,(H,10,11)(H2,6,8,12). The maximum absolute atomic E-state index is 10.9. The van der Waals surface area contributed by atoms with Crippen LogP contribution < -0.4 is 10.6 Å². The van der Waals surface area contributed by atoms with Gasteiger partial charge in [-0.3, -0.25) is 10.1 Å². The Hall–Kier alpha value is -1.70. The predicted octanol–water partition coefficient (Wildman–Crippen LogP) is -0.256. The van der Waals surface area contributed by atoms with Crippen LogP contribution in [-0.4, -0.2) is 33.2 Å². The first kappa shape index (κ1) is 9.39. The number of aliphatic carboxylic acids is 1.